The molecule has 114 valence electrons. The second-order valence-electron chi connectivity index (χ2n) is 6.41. The molecule has 0 bridgehead atoms. The fraction of sp³-hybridized carbons (Fsp3) is 0.364. The zero-order chi connectivity index (χ0) is 15.4. The Bertz CT molecular complexity index is 659. The average molecular weight is 290 g/mol. The minimum atomic E-state index is 1.15. The molecule has 0 atom stereocenters. The second-order valence-corrected chi connectivity index (χ2v) is 6.41. The molecule has 0 saturated carbocycles. The van der Waals surface area contributed by atoms with Gasteiger partial charge in [-0.15, -0.1) is 0 Å². The quantitative estimate of drug-likeness (QED) is 0.574. The Morgan fingerprint density at radius 2 is 1.68 bits per heavy atom. The molecule has 3 rings (SSSR count). The first-order valence-corrected chi connectivity index (χ1v) is 8.72. The van der Waals surface area contributed by atoms with Crippen LogP contribution in [0.25, 0.3) is 17.2 Å². The molecule has 0 heteroatoms. The smallest absolute Gasteiger partial charge is 0.00576 e. The lowest BCUT2D eigenvalue weighted by atomic mass is 9.96. The van der Waals surface area contributed by atoms with Crippen LogP contribution >= 0.6 is 0 Å². The lowest BCUT2D eigenvalue weighted by Gasteiger charge is -2.08. The minimum absolute atomic E-state index is 1.15. The van der Waals surface area contributed by atoms with Gasteiger partial charge in [-0.2, -0.15) is 0 Å². The van der Waals surface area contributed by atoms with Gasteiger partial charge in [0.2, 0.25) is 0 Å². The standard InChI is InChI=1S/C22H26/c1-3-5-8-18-15-20-9-6-10-21(22(20)16-18)19-13-11-17(7-4-2)12-14-19/h6,9-14,16H,3-5,7-8,15H2,1-2H3. The van der Waals surface area contributed by atoms with Crippen molar-refractivity contribution >= 4 is 6.08 Å². The Kier molecular flexibility index (Phi) is 4.77. The van der Waals surface area contributed by atoms with E-state index in [0.29, 0.717) is 0 Å². The highest BCUT2D eigenvalue weighted by atomic mass is 14.2. The highest BCUT2D eigenvalue weighted by Gasteiger charge is 2.16. The lowest BCUT2D eigenvalue weighted by Crippen LogP contribution is -1.89. The number of allylic oxidation sites excluding steroid dienone is 1. The summed E-state index contributed by atoms with van der Waals surface area (Å²) >= 11 is 0. The number of hydrogen-bond acceptors (Lipinski definition) is 0. The van der Waals surface area contributed by atoms with E-state index in [2.05, 4.69) is 62.4 Å². The Morgan fingerprint density at radius 1 is 0.864 bits per heavy atom. The number of hydrogen-bond donors (Lipinski definition) is 0. The Labute approximate surface area is 134 Å². The van der Waals surface area contributed by atoms with Crippen LogP contribution in [0.2, 0.25) is 0 Å². The van der Waals surface area contributed by atoms with E-state index in [4.69, 9.17) is 0 Å². The molecule has 1 aliphatic carbocycles. The molecule has 0 fully saturated rings. The molecule has 0 radical (unpaired) electrons. The largest absolute Gasteiger partial charge is 0.0654 e. The van der Waals surface area contributed by atoms with Crippen LogP contribution in [0.5, 0.6) is 0 Å². The van der Waals surface area contributed by atoms with Crippen LogP contribution in [0.4, 0.5) is 0 Å². The summed E-state index contributed by atoms with van der Waals surface area (Å²) < 4.78 is 0. The maximum atomic E-state index is 2.44. The van der Waals surface area contributed by atoms with Crippen LogP contribution in [0.15, 0.2) is 48.0 Å². The minimum Gasteiger partial charge on any atom is -0.0654 e. The van der Waals surface area contributed by atoms with Crippen molar-refractivity contribution in [2.45, 2.75) is 52.4 Å². The average Bonchev–Trinajstić information content (AvgIpc) is 2.97. The number of benzene rings is 2. The monoisotopic (exact) mass is 290 g/mol. The molecule has 0 N–H and O–H groups in total. The van der Waals surface area contributed by atoms with E-state index in [1.54, 1.807) is 5.57 Å². The molecule has 22 heavy (non-hydrogen) atoms. The molecule has 0 aliphatic heterocycles. The van der Waals surface area contributed by atoms with Gasteiger partial charge in [-0.3, -0.25) is 0 Å². The van der Waals surface area contributed by atoms with Crippen LogP contribution in [0.3, 0.4) is 0 Å². The summed E-state index contributed by atoms with van der Waals surface area (Å²) in [5.74, 6) is 0. The molecule has 0 amide bonds. The van der Waals surface area contributed by atoms with Crippen molar-refractivity contribution in [3.8, 4) is 11.1 Å². The Morgan fingerprint density at radius 3 is 2.41 bits per heavy atom. The van der Waals surface area contributed by atoms with Crippen molar-refractivity contribution in [2.75, 3.05) is 0 Å². The molecule has 0 heterocycles. The summed E-state index contributed by atoms with van der Waals surface area (Å²) in [5.41, 5.74) is 8.75. The molecule has 0 spiro atoms. The highest BCUT2D eigenvalue weighted by molar-refractivity contribution is 5.80. The third kappa shape index (κ3) is 3.16. The molecule has 0 saturated heterocycles. The summed E-state index contributed by atoms with van der Waals surface area (Å²) in [6.45, 7) is 4.51. The lowest BCUT2D eigenvalue weighted by molar-refractivity contribution is 0.779. The van der Waals surface area contributed by atoms with Gasteiger partial charge in [-0.05, 0) is 53.5 Å². The van der Waals surface area contributed by atoms with Crippen molar-refractivity contribution in [3.63, 3.8) is 0 Å². The highest BCUT2D eigenvalue weighted by Crippen LogP contribution is 2.35. The van der Waals surface area contributed by atoms with Gasteiger partial charge < -0.3 is 0 Å². The predicted molar refractivity (Wildman–Crippen MR) is 97.1 cm³/mol. The van der Waals surface area contributed by atoms with Crippen molar-refractivity contribution in [1.82, 2.24) is 0 Å². The van der Waals surface area contributed by atoms with Gasteiger partial charge in [0.05, 0.1) is 0 Å². The van der Waals surface area contributed by atoms with E-state index < -0.39 is 0 Å². The van der Waals surface area contributed by atoms with E-state index in [1.165, 1.54) is 59.9 Å². The first kappa shape index (κ1) is 15.1. The molecule has 0 nitrogen and oxygen atoms in total. The van der Waals surface area contributed by atoms with E-state index in [0.717, 1.165) is 6.42 Å². The molecule has 1 aliphatic rings. The summed E-state index contributed by atoms with van der Waals surface area (Å²) in [5, 5.41) is 0. The van der Waals surface area contributed by atoms with Crippen LogP contribution in [0.1, 0.15) is 56.2 Å². The van der Waals surface area contributed by atoms with Gasteiger partial charge in [-0.25, -0.2) is 0 Å². The van der Waals surface area contributed by atoms with Crippen molar-refractivity contribution < 1.29 is 0 Å². The SMILES string of the molecule is CCCCC1=Cc2c(cccc2-c2ccc(CCC)cc2)C1. The van der Waals surface area contributed by atoms with Gasteiger partial charge >= 0.3 is 0 Å². The van der Waals surface area contributed by atoms with E-state index in [1.807, 2.05) is 0 Å². The molecule has 2 aromatic rings. The fourth-order valence-corrected chi connectivity index (χ4v) is 3.39. The molecule has 2 aromatic carbocycles. The number of aryl methyl sites for hydroxylation is 1. The summed E-state index contributed by atoms with van der Waals surface area (Å²) in [6, 6.07) is 15.9. The second kappa shape index (κ2) is 6.96. The number of fused-ring (bicyclic) bond motifs is 1. The Hall–Kier alpha value is -1.82. The van der Waals surface area contributed by atoms with Gasteiger partial charge in [-0.1, -0.05) is 80.8 Å². The number of unbranched alkanes of at least 4 members (excludes halogenated alkanes) is 1. The molecular weight excluding hydrogens is 264 g/mol. The maximum Gasteiger partial charge on any atom is -0.00576 e. The summed E-state index contributed by atoms with van der Waals surface area (Å²) in [4.78, 5) is 0. The fourth-order valence-electron chi connectivity index (χ4n) is 3.39. The van der Waals surface area contributed by atoms with E-state index in [-0.39, 0.29) is 0 Å². The zero-order valence-electron chi connectivity index (χ0n) is 13.9. The van der Waals surface area contributed by atoms with Crippen molar-refractivity contribution in [2.24, 2.45) is 0 Å². The predicted octanol–water partition coefficient (Wildman–Crippen LogP) is 6.44. The van der Waals surface area contributed by atoms with Crippen LogP contribution in [-0.4, -0.2) is 0 Å². The summed E-state index contributed by atoms with van der Waals surface area (Å²) in [6.07, 6.45) is 9.82. The molecular formula is C22H26. The van der Waals surface area contributed by atoms with Gasteiger partial charge in [0, 0.05) is 0 Å². The van der Waals surface area contributed by atoms with Crippen LogP contribution in [0, 0.1) is 0 Å². The van der Waals surface area contributed by atoms with Crippen LogP contribution in [-0.2, 0) is 12.8 Å². The third-order valence-electron chi connectivity index (χ3n) is 4.62. The van der Waals surface area contributed by atoms with Crippen LogP contribution < -0.4 is 0 Å². The zero-order valence-corrected chi connectivity index (χ0v) is 13.9. The summed E-state index contributed by atoms with van der Waals surface area (Å²) in [7, 11) is 0. The third-order valence-corrected chi connectivity index (χ3v) is 4.62. The van der Waals surface area contributed by atoms with Crippen molar-refractivity contribution in [1.29, 1.82) is 0 Å². The topological polar surface area (TPSA) is 0 Å². The van der Waals surface area contributed by atoms with Gasteiger partial charge in [0.25, 0.3) is 0 Å². The molecule has 0 aromatic heterocycles. The van der Waals surface area contributed by atoms with Gasteiger partial charge in [0.15, 0.2) is 0 Å². The Balaban J connectivity index is 1.89. The van der Waals surface area contributed by atoms with E-state index >= 15 is 0 Å². The molecule has 0 unspecified atom stereocenters. The van der Waals surface area contributed by atoms with Gasteiger partial charge in [0.1, 0.15) is 0 Å². The van der Waals surface area contributed by atoms with Crippen molar-refractivity contribution in [3.05, 3.63) is 64.7 Å². The maximum absolute atomic E-state index is 2.44. The first-order chi connectivity index (χ1) is 10.8. The van der Waals surface area contributed by atoms with E-state index in [9.17, 15) is 0 Å². The number of rotatable bonds is 6. The normalized spacial score (nSPS) is 13.1. The first-order valence-electron chi connectivity index (χ1n) is 8.72.